The number of thioether (sulfide) groups is 1. The van der Waals surface area contributed by atoms with Gasteiger partial charge in [0.05, 0.1) is 17.4 Å². The number of nitrogens with zero attached hydrogens (tertiary/aromatic N) is 1. The SMILES string of the molecule is N#CCSc1cccc(-c2cc(C(N)=O)c(N)[nH]2)c1. The molecule has 1 heterocycles. The molecule has 0 aliphatic rings. The Bertz CT molecular complexity index is 657. The van der Waals surface area contributed by atoms with Gasteiger partial charge in [0, 0.05) is 10.6 Å². The summed E-state index contributed by atoms with van der Waals surface area (Å²) in [5, 5.41) is 8.57. The van der Waals surface area contributed by atoms with E-state index in [1.807, 2.05) is 24.3 Å². The van der Waals surface area contributed by atoms with Gasteiger partial charge in [-0.15, -0.1) is 11.8 Å². The number of anilines is 1. The Morgan fingerprint density at radius 2 is 2.21 bits per heavy atom. The Balaban J connectivity index is 2.34. The smallest absolute Gasteiger partial charge is 0.252 e. The highest BCUT2D eigenvalue weighted by Crippen LogP contribution is 2.27. The van der Waals surface area contributed by atoms with E-state index in [9.17, 15) is 4.79 Å². The highest BCUT2D eigenvalue weighted by atomic mass is 32.2. The van der Waals surface area contributed by atoms with E-state index >= 15 is 0 Å². The standard InChI is InChI=1S/C13H12N4OS/c14-4-5-19-9-3-1-2-8(6-9)11-7-10(13(16)18)12(15)17-11/h1-3,6-7,17H,5,15H2,(H2,16,18). The first kappa shape index (κ1) is 13.1. The van der Waals surface area contributed by atoms with Gasteiger partial charge in [-0.3, -0.25) is 4.79 Å². The number of benzene rings is 1. The number of amides is 1. The third-order valence-corrected chi connectivity index (χ3v) is 3.42. The fourth-order valence-electron chi connectivity index (χ4n) is 1.70. The van der Waals surface area contributed by atoms with Crippen molar-refractivity contribution in [2.75, 3.05) is 11.5 Å². The number of nitriles is 1. The molecule has 2 aromatic rings. The average molecular weight is 272 g/mol. The van der Waals surface area contributed by atoms with Crippen molar-refractivity contribution in [3.63, 3.8) is 0 Å². The first-order valence-electron chi connectivity index (χ1n) is 5.50. The molecular weight excluding hydrogens is 260 g/mol. The fourth-order valence-corrected chi connectivity index (χ4v) is 2.32. The molecule has 6 heteroatoms. The molecule has 0 atom stereocenters. The van der Waals surface area contributed by atoms with Crippen LogP contribution in [0.1, 0.15) is 10.4 Å². The lowest BCUT2D eigenvalue weighted by Crippen LogP contribution is -2.11. The van der Waals surface area contributed by atoms with Gasteiger partial charge in [0.1, 0.15) is 5.82 Å². The number of aromatic nitrogens is 1. The van der Waals surface area contributed by atoms with Gasteiger partial charge in [-0.25, -0.2) is 0 Å². The monoisotopic (exact) mass is 272 g/mol. The summed E-state index contributed by atoms with van der Waals surface area (Å²) in [6.07, 6.45) is 0. The lowest BCUT2D eigenvalue weighted by atomic mass is 10.1. The molecule has 0 saturated heterocycles. The molecule has 0 saturated carbocycles. The van der Waals surface area contributed by atoms with E-state index in [4.69, 9.17) is 16.7 Å². The lowest BCUT2D eigenvalue weighted by molar-refractivity contribution is 0.100. The Morgan fingerprint density at radius 3 is 2.84 bits per heavy atom. The molecule has 1 amide bonds. The van der Waals surface area contributed by atoms with Gasteiger partial charge in [-0.05, 0) is 23.8 Å². The number of carbonyl (C=O) groups is 1. The summed E-state index contributed by atoms with van der Waals surface area (Å²) in [5.74, 6) is 0.0932. The minimum absolute atomic E-state index is 0.262. The van der Waals surface area contributed by atoms with Crippen molar-refractivity contribution < 1.29 is 4.79 Å². The summed E-state index contributed by atoms with van der Waals surface area (Å²) in [7, 11) is 0. The van der Waals surface area contributed by atoms with E-state index in [0.29, 0.717) is 5.75 Å². The Labute approximate surface area is 114 Å². The largest absolute Gasteiger partial charge is 0.385 e. The molecule has 0 unspecified atom stereocenters. The van der Waals surface area contributed by atoms with E-state index in [0.717, 1.165) is 16.2 Å². The van der Waals surface area contributed by atoms with E-state index in [-0.39, 0.29) is 11.4 Å². The molecule has 0 spiro atoms. The van der Waals surface area contributed by atoms with Crippen LogP contribution < -0.4 is 11.5 Å². The van der Waals surface area contributed by atoms with Crippen LogP contribution in [0.25, 0.3) is 11.3 Å². The number of primary amides is 1. The van der Waals surface area contributed by atoms with Gasteiger partial charge in [-0.2, -0.15) is 5.26 Å². The number of hydrogen-bond acceptors (Lipinski definition) is 4. The van der Waals surface area contributed by atoms with E-state index < -0.39 is 5.91 Å². The summed E-state index contributed by atoms with van der Waals surface area (Å²) in [5.41, 5.74) is 12.8. The van der Waals surface area contributed by atoms with Crippen LogP contribution in [-0.4, -0.2) is 16.6 Å². The average Bonchev–Trinajstić information content (AvgIpc) is 2.79. The zero-order valence-electron chi connectivity index (χ0n) is 10.0. The maximum atomic E-state index is 11.2. The van der Waals surface area contributed by atoms with Crippen molar-refractivity contribution in [3.05, 3.63) is 35.9 Å². The summed E-state index contributed by atoms with van der Waals surface area (Å²) < 4.78 is 0. The van der Waals surface area contributed by atoms with Crippen LogP contribution in [0, 0.1) is 11.3 Å². The molecule has 5 N–H and O–H groups in total. The number of hydrogen-bond donors (Lipinski definition) is 3. The molecular formula is C13H12N4OS. The zero-order chi connectivity index (χ0) is 13.8. The maximum Gasteiger partial charge on any atom is 0.252 e. The summed E-state index contributed by atoms with van der Waals surface area (Å²) >= 11 is 1.45. The number of rotatable bonds is 4. The van der Waals surface area contributed by atoms with Gasteiger partial charge in [0.15, 0.2) is 0 Å². The quantitative estimate of drug-likeness (QED) is 0.739. The first-order valence-corrected chi connectivity index (χ1v) is 6.49. The van der Waals surface area contributed by atoms with Crippen LogP contribution in [0.15, 0.2) is 35.2 Å². The predicted molar refractivity (Wildman–Crippen MR) is 75.5 cm³/mol. The van der Waals surface area contributed by atoms with E-state index in [1.165, 1.54) is 11.8 Å². The third-order valence-electron chi connectivity index (χ3n) is 2.56. The van der Waals surface area contributed by atoms with Crippen molar-refractivity contribution in [3.8, 4) is 17.3 Å². The van der Waals surface area contributed by atoms with Crippen molar-refractivity contribution in [1.29, 1.82) is 5.26 Å². The van der Waals surface area contributed by atoms with Crippen molar-refractivity contribution >= 4 is 23.5 Å². The van der Waals surface area contributed by atoms with Crippen LogP contribution in [0.4, 0.5) is 5.82 Å². The maximum absolute atomic E-state index is 11.2. The molecule has 0 aliphatic heterocycles. The minimum atomic E-state index is -0.560. The Morgan fingerprint density at radius 1 is 1.42 bits per heavy atom. The predicted octanol–water partition coefficient (Wildman–Crippen LogP) is 1.98. The van der Waals surface area contributed by atoms with Gasteiger partial charge >= 0.3 is 0 Å². The second kappa shape index (κ2) is 5.50. The third kappa shape index (κ3) is 2.89. The second-order valence-corrected chi connectivity index (χ2v) is 4.90. The summed E-state index contributed by atoms with van der Waals surface area (Å²) in [4.78, 5) is 15.1. The Hall–Kier alpha value is -2.39. The van der Waals surface area contributed by atoms with Gasteiger partial charge < -0.3 is 16.5 Å². The van der Waals surface area contributed by atoms with Crippen LogP contribution in [0.3, 0.4) is 0 Å². The molecule has 0 aliphatic carbocycles. The molecule has 1 aromatic heterocycles. The van der Waals surface area contributed by atoms with Crippen LogP contribution in [0.2, 0.25) is 0 Å². The number of H-pyrrole nitrogens is 1. The zero-order valence-corrected chi connectivity index (χ0v) is 10.8. The Kier molecular flexibility index (Phi) is 3.78. The molecule has 2 rings (SSSR count). The van der Waals surface area contributed by atoms with E-state index in [2.05, 4.69) is 11.1 Å². The molecule has 5 nitrogen and oxygen atoms in total. The van der Waals surface area contributed by atoms with Crippen LogP contribution >= 0.6 is 11.8 Å². The van der Waals surface area contributed by atoms with Gasteiger partial charge in [0.2, 0.25) is 0 Å². The molecule has 0 fully saturated rings. The highest BCUT2D eigenvalue weighted by molar-refractivity contribution is 7.99. The second-order valence-electron chi connectivity index (χ2n) is 3.85. The molecule has 96 valence electrons. The molecule has 1 aromatic carbocycles. The molecule has 19 heavy (non-hydrogen) atoms. The number of nitrogen functional groups attached to an aromatic ring is 1. The van der Waals surface area contributed by atoms with E-state index in [1.54, 1.807) is 6.07 Å². The number of nitrogens with two attached hydrogens (primary N) is 2. The van der Waals surface area contributed by atoms with Gasteiger partial charge in [-0.1, -0.05) is 12.1 Å². The fraction of sp³-hybridized carbons (Fsp3) is 0.0769. The normalized spacial score (nSPS) is 10.1. The summed E-state index contributed by atoms with van der Waals surface area (Å²) in [6, 6.07) is 11.3. The highest BCUT2D eigenvalue weighted by Gasteiger charge is 2.11. The van der Waals surface area contributed by atoms with Crippen LogP contribution in [0.5, 0.6) is 0 Å². The van der Waals surface area contributed by atoms with Gasteiger partial charge in [0.25, 0.3) is 5.91 Å². The number of aromatic amines is 1. The van der Waals surface area contributed by atoms with Crippen molar-refractivity contribution in [2.45, 2.75) is 4.90 Å². The number of carbonyl (C=O) groups excluding carboxylic acids is 1. The van der Waals surface area contributed by atoms with Crippen LogP contribution in [-0.2, 0) is 0 Å². The molecule has 0 radical (unpaired) electrons. The lowest BCUT2D eigenvalue weighted by Gasteiger charge is -2.01. The molecule has 0 bridgehead atoms. The van der Waals surface area contributed by atoms with Crippen molar-refractivity contribution in [1.82, 2.24) is 4.98 Å². The van der Waals surface area contributed by atoms with Crippen molar-refractivity contribution in [2.24, 2.45) is 5.73 Å². The first-order chi connectivity index (χ1) is 9.11. The summed E-state index contributed by atoms with van der Waals surface area (Å²) in [6.45, 7) is 0. The minimum Gasteiger partial charge on any atom is -0.385 e. The number of nitrogens with one attached hydrogen (secondary N) is 1. The topological polar surface area (TPSA) is 109 Å².